The van der Waals surface area contributed by atoms with Crippen molar-refractivity contribution in [3.8, 4) is 5.75 Å². The lowest BCUT2D eigenvalue weighted by atomic mass is 9.72. The van der Waals surface area contributed by atoms with Crippen molar-refractivity contribution in [2.45, 2.75) is 51.0 Å². The molecule has 35 heavy (non-hydrogen) atoms. The molecule has 0 aromatic heterocycles. The van der Waals surface area contributed by atoms with E-state index in [4.69, 9.17) is 14.2 Å². The van der Waals surface area contributed by atoms with Crippen molar-refractivity contribution in [1.82, 2.24) is 9.80 Å². The highest BCUT2D eigenvalue weighted by molar-refractivity contribution is 5.94. The summed E-state index contributed by atoms with van der Waals surface area (Å²) in [5.41, 5.74) is 1.96. The van der Waals surface area contributed by atoms with Crippen molar-refractivity contribution in [1.29, 1.82) is 0 Å². The Labute approximate surface area is 206 Å². The SMILES string of the molecule is Cc1ccccc1CN(C(=O)Oc1ccccc1)C(=O)[C@@H]1C[C@@H]2CC3(CC[C@H]2N(C)C1)OCCO3. The number of benzene rings is 2. The van der Waals surface area contributed by atoms with Crippen molar-refractivity contribution >= 4 is 12.0 Å². The van der Waals surface area contributed by atoms with Gasteiger partial charge in [0.05, 0.1) is 25.7 Å². The third-order valence-electron chi connectivity index (χ3n) is 7.79. The zero-order valence-electron chi connectivity index (χ0n) is 20.5. The fourth-order valence-corrected chi connectivity index (χ4v) is 5.98. The molecular formula is C28H34N2O5. The molecule has 186 valence electrons. The smallest absolute Gasteiger partial charge is 0.410 e. The van der Waals surface area contributed by atoms with Gasteiger partial charge in [-0.2, -0.15) is 0 Å². The fourth-order valence-electron chi connectivity index (χ4n) is 5.98. The second kappa shape index (κ2) is 10.1. The van der Waals surface area contributed by atoms with Gasteiger partial charge in [0, 0.05) is 25.4 Å². The Hall–Kier alpha value is -2.74. The number of carbonyl (C=O) groups excluding carboxylic acids is 2. The van der Waals surface area contributed by atoms with E-state index in [2.05, 4.69) is 11.9 Å². The summed E-state index contributed by atoms with van der Waals surface area (Å²) in [6.07, 6.45) is 2.74. The van der Waals surface area contributed by atoms with Crippen molar-refractivity contribution in [3.05, 3.63) is 65.7 Å². The monoisotopic (exact) mass is 478 g/mol. The van der Waals surface area contributed by atoms with Gasteiger partial charge in [-0.1, -0.05) is 42.5 Å². The van der Waals surface area contributed by atoms with Gasteiger partial charge in [-0.3, -0.25) is 4.79 Å². The first-order chi connectivity index (χ1) is 16.9. The van der Waals surface area contributed by atoms with Crippen molar-refractivity contribution in [3.63, 3.8) is 0 Å². The van der Waals surface area contributed by atoms with Crippen LogP contribution in [0.4, 0.5) is 4.79 Å². The van der Waals surface area contributed by atoms with Crippen LogP contribution in [-0.4, -0.2) is 60.4 Å². The first-order valence-corrected chi connectivity index (χ1v) is 12.5. The summed E-state index contributed by atoms with van der Waals surface area (Å²) in [5, 5.41) is 0. The molecule has 7 heteroatoms. The fraction of sp³-hybridized carbons (Fsp3) is 0.500. The van der Waals surface area contributed by atoms with Crippen LogP contribution in [0.15, 0.2) is 54.6 Å². The van der Waals surface area contributed by atoms with Crippen LogP contribution in [-0.2, 0) is 20.8 Å². The molecule has 3 atom stereocenters. The Kier molecular flexibility index (Phi) is 6.91. The number of piperidine rings is 1. The summed E-state index contributed by atoms with van der Waals surface area (Å²) < 4.78 is 17.6. The minimum absolute atomic E-state index is 0.182. The summed E-state index contributed by atoms with van der Waals surface area (Å²) in [5.74, 6) is -0.289. The van der Waals surface area contributed by atoms with Gasteiger partial charge in [0.25, 0.3) is 0 Å². The second-order valence-electron chi connectivity index (χ2n) is 10.1. The highest BCUT2D eigenvalue weighted by Gasteiger charge is 2.49. The van der Waals surface area contributed by atoms with Crippen LogP contribution < -0.4 is 4.74 Å². The number of likely N-dealkylation sites (tertiary alicyclic amines) is 1. The van der Waals surface area contributed by atoms with Crippen LogP contribution in [0, 0.1) is 18.8 Å². The van der Waals surface area contributed by atoms with E-state index < -0.39 is 11.9 Å². The molecule has 2 aliphatic heterocycles. The number of imide groups is 1. The number of rotatable bonds is 4. The van der Waals surface area contributed by atoms with Crippen LogP contribution in [0.25, 0.3) is 0 Å². The molecule has 1 spiro atoms. The zero-order valence-corrected chi connectivity index (χ0v) is 20.5. The van der Waals surface area contributed by atoms with Gasteiger partial charge in [-0.15, -0.1) is 0 Å². The number of hydrogen-bond acceptors (Lipinski definition) is 6. The highest BCUT2D eigenvalue weighted by atomic mass is 16.7. The van der Waals surface area contributed by atoms with Gasteiger partial charge in [0.1, 0.15) is 5.75 Å². The van der Waals surface area contributed by atoms with Crippen LogP contribution in [0.3, 0.4) is 0 Å². The Morgan fingerprint density at radius 1 is 1.09 bits per heavy atom. The van der Waals surface area contributed by atoms with Crippen LogP contribution in [0.2, 0.25) is 0 Å². The molecule has 2 aromatic rings. The number of nitrogens with zero attached hydrogens (tertiary/aromatic N) is 2. The van der Waals surface area contributed by atoms with Crippen molar-refractivity contribution in [2.75, 3.05) is 26.8 Å². The minimum Gasteiger partial charge on any atom is -0.410 e. The molecular weight excluding hydrogens is 444 g/mol. The molecule has 0 radical (unpaired) electrons. The maximum atomic E-state index is 13.9. The van der Waals surface area contributed by atoms with Gasteiger partial charge in [-0.25, -0.2) is 9.69 Å². The van der Waals surface area contributed by atoms with Gasteiger partial charge in [0.15, 0.2) is 5.79 Å². The number of carbonyl (C=O) groups is 2. The topological polar surface area (TPSA) is 68.3 Å². The molecule has 1 aliphatic carbocycles. The van der Waals surface area contributed by atoms with E-state index in [1.54, 1.807) is 24.3 Å². The van der Waals surface area contributed by atoms with E-state index in [0.29, 0.717) is 38.0 Å². The summed E-state index contributed by atoms with van der Waals surface area (Å²) in [6.45, 7) is 4.05. The van der Waals surface area contributed by atoms with E-state index >= 15 is 0 Å². The predicted molar refractivity (Wildman–Crippen MR) is 131 cm³/mol. The van der Waals surface area contributed by atoms with E-state index in [9.17, 15) is 9.59 Å². The average molecular weight is 479 g/mol. The highest BCUT2D eigenvalue weighted by Crippen LogP contribution is 2.45. The van der Waals surface area contributed by atoms with E-state index in [0.717, 1.165) is 30.4 Å². The maximum Gasteiger partial charge on any atom is 0.422 e. The second-order valence-corrected chi connectivity index (χ2v) is 10.1. The van der Waals surface area contributed by atoms with Gasteiger partial charge in [0.2, 0.25) is 5.91 Å². The summed E-state index contributed by atoms with van der Waals surface area (Å²) in [6, 6.07) is 17.1. The number of hydrogen-bond donors (Lipinski definition) is 0. The van der Waals surface area contributed by atoms with E-state index in [1.165, 1.54) is 4.90 Å². The number of aryl methyl sites for hydroxylation is 1. The Balaban J connectivity index is 1.36. The molecule has 2 saturated heterocycles. The molecule has 2 heterocycles. The molecule has 0 unspecified atom stereocenters. The molecule has 2 aromatic carbocycles. The number of amides is 2. The van der Waals surface area contributed by atoms with Crippen LogP contribution in [0.5, 0.6) is 5.75 Å². The molecule has 5 rings (SSSR count). The summed E-state index contributed by atoms with van der Waals surface area (Å²) in [4.78, 5) is 30.8. The molecule has 3 fully saturated rings. The zero-order chi connectivity index (χ0) is 24.4. The summed E-state index contributed by atoms with van der Waals surface area (Å²) in [7, 11) is 2.08. The minimum atomic E-state index is -0.642. The Morgan fingerprint density at radius 2 is 1.80 bits per heavy atom. The summed E-state index contributed by atoms with van der Waals surface area (Å²) >= 11 is 0. The number of ether oxygens (including phenoxy) is 3. The van der Waals surface area contributed by atoms with Gasteiger partial charge in [-0.05, 0) is 56.0 Å². The lowest BCUT2D eigenvalue weighted by Crippen LogP contribution is -2.56. The normalized spacial score (nSPS) is 25.7. The standard InChI is InChI=1S/C28H34N2O5/c1-20-8-6-7-9-21(20)19-30(27(32)35-24-10-4-3-5-11-24)26(31)23-16-22-17-28(33-14-15-34-28)13-12-25(22)29(2)18-23/h3-11,22-23,25H,12-19H2,1-2H3/t22-,23-,25-/m1/s1. The predicted octanol–water partition coefficient (Wildman–Crippen LogP) is 4.39. The molecule has 0 N–H and O–H groups in total. The Bertz CT molecular complexity index is 1050. The van der Waals surface area contributed by atoms with Gasteiger partial charge < -0.3 is 19.1 Å². The molecule has 2 amide bonds. The van der Waals surface area contributed by atoms with Crippen LogP contribution >= 0.6 is 0 Å². The van der Waals surface area contributed by atoms with Crippen LogP contribution in [0.1, 0.15) is 36.8 Å². The maximum absolute atomic E-state index is 13.9. The average Bonchev–Trinajstić information content (AvgIpc) is 3.30. The Morgan fingerprint density at radius 3 is 2.54 bits per heavy atom. The first-order valence-electron chi connectivity index (χ1n) is 12.5. The van der Waals surface area contributed by atoms with E-state index in [1.807, 2.05) is 37.3 Å². The quantitative estimate of drug-likeness (QED) is 0.650. The number of fused-ring (bicyclic) bond motifs is 1. The molecule has 1 saturated carbocycles. The number of para-hydroxylation sites is 1. The lowest BCUT2D eigenvalue weighted by molar-refractivity contribution is -0.202. The third-order valence-corrected chi connectivity index (χ3v) is 7.79. The van der Waals surface area contributed by atoms with Crippen molar-refractivity contribution < 1.29 is 23.8 Å². The first kappa shape index (κ1) is 24.0. The molecule has 7 nitrogen and oxygen atoms in total. The van der Waals surface area contributed by atoms with Crippen molar-refractivity contribution in [2.24, 2.45) is 11.8 Å². The molecule has 3 aliphatic rings. The van der Waals surface area contributed by atoms with E-state index in [-0.39, 0.29) is 24.3 Å². The molecule has 0 bridgehead atoms. The largest absolute Gasteiger partial charge is 0.422 e. The third kappa shape index (κ3) is 5.13. The van der Waals surface area contributed by atoms with Gasteiger partial charge >= 0.3 is 6.09 Å². The lowest BCUT2D eigenvalue weighted by Gasteiger charge is -2.49.